The standard InChI is InChI=1S/C20H14Br2S2/c21-17-9-4-15(5-10-17)2-1-3-20-23-14-19(24-20)13-8-16-6-11-18(22)12-7-16/h1-14H/b2-1+,13-8+,20-3+. The summed E-state index contributed by atoms with van der Waals surface area (Å²) in [4.78, 5) is 1.27. The normalized spacial score (nSPS) is 16.4. The third-order valence-corrected chi connectivity index (χ3v) is 6.52. The van der Waals surface area contributed by atoms with Crippen LogP contribution in [0.5, 0.6) is 0 Å². The zero-order valence-electron chi connectivity index (χ0n) is 12.7. The average molecular weight is 478 g/mol. The van der Waals surface area contributed by atoms with Crippen molar-refractivity contribution >= 4 is 67.5 Å². The first kappa shape index (κ1) is 17.9. The van der Waals surface area contributed by atoms with Crippen LogP contribution >= 0.6 is 55.4 Å². The molecule has 1 aliphatic rings. The third kappa shape index (κ3) is 5.55. The van der Waals surface area contributed by atoms with E-state index >= 15 is 0 Å². The Kier molecular flexibility index (Phi) is 6.67. The summed E-state index contributed by atoms with van der Waals surface area (Å²) < 4.78 is 3.50. The Hall–Kier alpha value is -0.940. The lowest BCUT2D eigenvalue weighted by atomic mass is 10.2. The number of halogens is 2. The molecule has 24 heavy (non-hydrogen) atoms. The predicted molar refractivity (Wildman–Crippen MR) is 118 cm³/mol. The highest BCUT2D eigenvalue weighted by Gasteiger charge is 2.08. The second kappa shape index (κ2) is 8.95. The lowest BCUT2D eigenvalue weighted by Gasteiger charge is -1.95. The Morgan fingerprint density at radius 3 is 1.92 bits per heavy atom. The van der Waals surface area contributed by atoms with Gasteiger partial charge in [0.05, 0.1) is 0 Å². The zero-order valence-corrected chi connectivity index (χ0v) is 17.5. The van der Waals surface area contributed by atoms with Gasteiger partial charge in [-0.1, -0.05) is 97.9 Å². The van der Waals surface area contributed by atoms with Crippen LogP contribution in [0, 0.1) is 0 Å². The maximum atomic E-state index is 3.46. The van der Waals surface area contributed by atoms with Crippen LogP contribution in [-0.2, 0) is 0 Å². The van der Waals surface area contributed by atoms with Gasteiger partial charge in [-0.25, -0.2) is 0 Å². The molecule has 1 heterocycles. The molecule has 0 fully saturated rings. The molecule has 0 atom stereocenters. The molecule has 0 amide bonds. The molecule has 0 spiro atoms. The largest absolute Gasteiger partial charge is 0.0895 e. The van der Waals surface area contributed by atoms with E-state index in [2.05, 4.69) is 116 Å². The van der Waals surface area contributed by atoms with Crippen molar-refractivity contribution in [2.45, 2.75) is 0 Å². The number of hydrogen-bond acceptors (Lipinski definition) is 2. The summed E-state index contributed by atoms with van der Waals surface area (Å²) in [6, 6.07) is 16.6. The average Bonchev–Trinajstić information content (AvgIpc) is 3.04. The molecule has 2 aromatic carbocycles. The Bertz CT molecular complexity index is 814. The van der Waals surface area contributed by atoms with Crippen LogP contribution in [0.2, 0.25) is 0 Å². The SMILES string of the molecule is Brc1ccc(/C=C/C=C2\SC=C(/C=C/c3ccc(Br)cc3)S2)cc1. The fourth-order valence-electron chi connectivity index (χ4n) is 1.99. The van der Waals surface area contributed by atoms with Gasteiger partial charge in [0.25, 0.3) is 0 Å². The van der Waals surface area contributed by atoms with Gasteiger partial charge in [0.1, 0.15) is 0 Å². The first-order valence-electron chi connectivity index (χ1n) is 7.31. The summed E-state index contributed by atoms with van der Waals surface area (Å²) in [5, 5.41) is 2.19. The molecule has 0 radical (unpaired) electrons. The van der Waals surface area contributed by atoms with E-state index in [1.807, 2.05) is 0 Å². The van der Waals surface area contributed by atoms with Crippen LogP contribution in [0.4, 0.5) is 0 Å². The second-order valence-electron chi connectivity index (χ2n) is 5.02. The molecule has 0 bridgehead atoms. The van der Waals surface area contributed by atoms with Gasteiger partial charge in [0, 0.05) is 18.1 Å². The summed E-state index contributed by atoms with van der Waals surface area (Å²) in [6.07, 6.45) is 10.7. The predicted octanol–water partition coefficient (Wildman–Crippen LogP) is 8.10. The van der Waals surface area contributed by atoms with E-state index < -0.39 is 0 Å². The molecule has 0 nitrogen and oxygen atoms in total. The Labute approximate surface area is 168 Å². The molecular formula is C20H14Br2S2. The van der Waals surface area contributed by atoms with E-state index in [1.165, 1.54) is 20.3 Å². The molecule has 0 aliphatic carbocycles. The van der Waals surface area contributed by atoms with Crippen molar-refractivity contribution < 1.29 is 0 Å². The highest BCUT2D eigenvalue weighted by Crippen LogP contribution is 2.44. The fourth-order valence-corrected chi connectivity index (χ4v) is 4.46. The Morgan fingerprint density at radius 2 is 1.29 bits per heavy atom. The molecule has 0 aromatic heterocycles. The van der Waals surface area contributed by atoms with E-state index in [1.54, 1.807) is 23.5 Å². The minimum absolute atomic E-state index is 1.10. The maximum Gasteiger partial charge on any atom is 0.0493 e. The minimum Gasteiger partial charge on any atom is -0.0895 e. The van der Waals surface area contributed by atoms with Crippen LogP contribution in [0.3, 0.4) is 0 Å². The van der Waals surface area contributed by atoms with Gasteiger partial charge >= 0.3 is 0 Å². The van der Waals surface area contributed by atoms with Gasteiger partial charge < -0.3 is 0 Å². The summed E-state index contributed by atoms with van der Waals surface area (Å²) >= 11 is 10.5. The fraction of sp³-hybridized carbons (Fsp3) is 0. The van der Waals surface area contributed by atoms with Crippen LogP contribution in [0.15, 0.2) is 90.3 Å². The molecule has 120 valence electrons. The summed E-state index contributed by atoms with van der Waals surface area (Å²) in [7, 11) is 0. The summed E-state index contributed by atoms with van der Waals surface area (Å²) in [5.41, 5.74) is 2.41. The molecular weight excluding hydrogens is 464 g/mol. The highest BCUT2D eigenvalue weighted by atomic mass is 79.9. The molecule has 0 N–H and O–H groups in total. The Morgan fingerprint density at radius 1 is 0.708 bits per heavy atom. The van der Waals surface area contributed by atoms with Gasteiger partial charge in [-0.3, -0.25) is 0 Å². The number of allylic oxidation sites excluding steroid dienone is 3. The second-order valence-corrected chi connectivity index (χ2v) is 9.14. The van der Waals surface area contributed by atoms with Gasteiger partial charge in [-0.2, -0.15) is 0 Å². The maximum absolute atomic E-state index is 3.46. The summed E-state index contributed by atoms with van der Waals surface area (Å²) in [5.74, 6) is 0. The zero-order chi connectivity index (χ0) is 16.8. The van der Waals surface area contributed by atoms with Crippen molar-refractivity contribution in [3.63, 3.8) is 0 Å². The highest BCUT2D eigenvalue weighted by molar-refractivity contribution is 9.10. The number of hydrogen-bond donors (Lipinski definition) is 0. The molecule has 0 saturated heterocycles. The molecule has 4 heteroatoms. The number of benzene rings is 2. The molecule has 2 aromatic rings. The van der Waals surface area contributed by atoms with Crippen LogP contribution in [0.1, 0.15) is 11.1 Å². The van der Waals surface area contributed by atoms with Gasteiger partial charge in [0.15, 0.2) is 0 Å². The van der Waals surface area contributed by atoms with E-state index in [0.717, 1.165) is 8.95 Å². The van der Waals surface area contributed by atoms with Gasteiger partial charge in [-0.05, 0) is 53.0 Å². The minimum atomic E-state index is 1.10. The van der Waals surface area contributed by atoms with Gasteiger partial charge in [0.2, 0.25) is 0 Å². The van der Waals surface area contributed by atoms with Crippen molar-refractivity contribution in [2.24, 2.45) is 0 Å². The van der Waals surface area contributed by atoms with E-state index in [9.17, 15) is 0 Å². The Balaban J connectivity index is 1.56. The monoisotopic (exact) mass is 476 g/mol. The molecule has 0 unspecified atom stereocenters. The van der Waals surface area contributed by atoms with Crippen molar-refractivity contribution in [2.75, 3.05) is 0 Å². The van der Waals surface area contributed by atoms with E-state index in [0.29, 0.717) is 0 Å². The first-order chi connectivity index (χ1) is 11.7. The van der Waals surface area contributed by atoms with Crippen molar-refractivity contribution in [3.05, 3.63) is 101 Å². The van der Waals surface area contributed by atoms with Crippen LogP contribution in [-0.4, -0.2) is 0 Å². The third-order valence-electron chi connectivity index (χ3n) is 3.21. The number of rotatable bonds is 4. The number of thioether (sulfide) groups is 2. The summed E-state index contributed by atoms with van der Waals surface area (Å²) in [6.45, 7) is 0. The van der Waals surface area contributed by atoms with Crippen molar-refractivity contribution in [1.29, 1.82) is 0 Å². The topological polar surface area (TPSA) is 0 Å². The quantitative estimate of drug-likeness (QED) is 0.436. The van der Waals surface area contributed by atoms with Crippen LogP contribution in [0.25, 0.3) is 12.2 Å². The van der Waals surface area contributed by atoms with Gasteiger partial charge in [-0.15, -0.1) is 0 Å². The van der Waals surface area contributed by atoms with Crippen molar-refractivity contribution in [1.82, 2.24) is 0 Å². The first-order valence-corrected chi connectivity index (χ1v) is 10.6. The van der Waals surface area contributed by atoms with Crippen molar-refractivity contribution in [3.8, 4) is 0 Å². The lowest BCUT2D eigenvalue weighted by molar-refractivity contribution is 1.61. The molecule has 1 aliphatic heterocycles. The van der Waals surface area contributed by atoms with E-state index in [4.69, 9.17) is 0 Å². The lowest BCUT2D eigenvalue weighted by Crippen LogP contribution is -1.71. The van der Waals surface area contributed by atoms with Crippen LogP contribution < -0.4 is 0 Å². The smallest absolute Gasteiger partial charge is 0.0493 e. The van der Waals surface area contributed by atoms with E-state index in [-0.39, 0.29) is 0 Å². The molecule has 3 rings (SSSR count). The molecule has 0 saturated carbocycles.